The van der Waals surface area contributed by atoms with Crippen LogP contribution in [0.25, 0.3) is 11.2 Å². The van der Waals surface area contributed by atoms with Crippen LogP contribution >= 0.6 is 0 Å². The molecule has 1 aromatic carbocycles. The summed E-state index contributed by atoms with van der Waals surface area (Å²) in [7, 11) is 0. The monoisotopic (exact) mass is 393 g/mol. The van der Waals surface area contributed by atoms with Gasteiger partial charge in [0.15, 0.2) is 23.2 Å². The molecular weight excluding hydrogens is 376 g/mol. The lowest BCUT2D eigenvalue weighted by Gasteiger charge is -2.16. The third-order valence-corrected chi connectivity index (χ3v) is 4.53. The molecule has 11 heteroatoms. The minimum atomic E-state index is -1.28. The third-order valence-electron chi connectivity index (χ3n) is 4.53. The summed E-state index contributed by atoms with van der Waals surface area (Å²) >= 11 is 0. The first-order chi connectivity index (χ1) is 13.5. The zero-order valence-corrected chi connectivity index (χ0v) is 14.4. The van der Waals surface area contributed by atoms with E-state index in [1.807, 2.05) is 0 Å². The fourth-order valence-corrected chi connectivity index (χ4v) is 3.18. The summed E-state index contributed by atoms with van der Waals surface area (Å²) in [6, 6.07) is 3.19. The number of hydrogen-bond donors (Lipinski definition) is 4. The summed E-state index contributed by atoms with van der Waals surface area (Å²) in [4.78, 5) is 12.4. The van der Waals surface area contributed by atoms with Crippen molar-refractivity contribution < 1.29 is 28.8 Å². The van der Waals surface area contributed by atoms with Crippen LogP contribution in [0.3, 0.4) is 0 Å². The van der Waals surface area contributed by atoms with E-state index in [1.54, 1.807) is 0 Å². The summed E-state index contributed by atoms with van der Waals surface area (Å²) in [6.45, 7) is -0.352. The normalized spacial score (nSPS) is 24.8. The van der Waals surface area contributed by atoms with Crippen molar-refractivity contribution in [1.82, 2.24) is 19.5 Å². The smallest absolute Gasteiger partial charge is 0.167 e. The van der Waals surface area contributed by atoms with E-state index in [0.29, 0.717) is 22.5 Å². The lowest BCUT2D eigenvalue weighted by atomic mass is 10.1. The van der Waals surface area contributed by atoms with Crippen LogP contribution in [0.4, 0.5) is 14.6 Å². The first-order valence-electron chi connectivity index (χ1n) is 8.46. The van der Waals surface area contributed by atoms with Crippen LogP contribution in [-0.2, 0) is 11.3 Å². The zero-order chi connectivity index (χ0) is 19.8. The molecule has 3 aromatic rings. The van der Waals surface area contributed by atoms with Gasteiger partial charge >= 0.3 is 0 Å². The molecule has 28 heavy (non-hydrogen) atoms. The predicted molar refractivity (Wildman–Crippen MR) is 92.0 cm³/mol. The van der Waals surface area contributed by atoms with Gasteiger partial charge in [-0.25, -0.2) is 23.7 Å². The average molecular weight is 393 g/mol. The number of nitrogens with one attached hydrogen (secondary N) is 1. The lowest BCUT2D eigenvalue weighted by molar-refractivity contribution is -0.0511. The largest absolute Gasteiger partial charge is 0.394 e. The Hall–Kier alpha value is -2.73. The van der Waals surface area contributed by atoms with Crippen molar-refractivity contribution in [2.24, 2.45) is 0 Å². The number of ether oxygens (including phenoxy) is 1. The van der Waals surface area contributed by atoms with Gasteiger partial charge in [-0.15, -0.1) is 0 Å². The summed E-state index contributed by atoms with van der Waals surface area (Å²) in [5.74, 6) is -1.04. The molecule has 0 aliphatic carbocycles. The molecule has 1 aliphatic rings. The van der Waals surface area contributed by atoms with Crippen molar-refractivity contribution in [3.63, 3.8) is 0 Å². The molecule has 1 saturated heterocycles. The molecule has 2 unspecified atom stereocenters. The zero-order valence-electron chi connectivity index (χ0n) is 14.4. The van der Waals surface area contributed by atoms with Gasteiger partial charge in [0.05, 0.1) is 12.9 Å². The summed E-state index contributed by atoms with van der Waals surface area (Å²) in [5.41, 5.74) is 1.04. The maximum Gasteiger partial charge on any atom is 0.167 e. The highest BCUT2D eigenvalue weighted by Crippen LogP contribution is 2.32. The number of fused-ring (bicyclic) bond motifs is 1. The molecule has 1 fully saturated rings. The highest BCUT2D eigenvalue weighted by atomic mass is 19.1. The second-order valence-electron chi connectivity index (χ2n) is 6.41. The van der Waals surface area contributed by atoms with Crippen molar-refractivity contribution >= 4 is 17.0 Å². The molecule has 0 spiro atoms. The van der Waals surface area contributed by atoms with Gasteiger partial charge in [-0.3, -0.25) is 4.57 Å². The highest BCUT2D eigenvalue weighted by Gasteiger charge is 2.44. The Balaban J connectivity index is 1.60. The molecule has 0 radical (unpaired) electrons. The van der Waals surface area contributed by atoms with E-state index in [2.05, 4.69) is 20.3 Å². The van der Waals surface area contributed by atoms with Gasteiger partial charge in [0.25, 0.3) is 0 Å². The van der Waals surface area contributed by atoms with Crippen LogP contribution in [0.15, 0.2) is 30.9 Å². The molecular formula is C17H17F2N5O4. The number of imidazole rings is 1. The Morgan fingerprint density at radius 2 is 1.82 bits per heavy atom. The number of aliphatic hydroxyl groups excluding tert-OH is 3. The second-order valence-corrected chi connectivity index (χ2v) is 6.41. The topological polar surface area (TPSA) is 126 Å². The van der Waals surface area contributed by atoms with Crippen LogP contribution in [-0.4, -0.2) is 59.8 Å². The quantitative estimate of drug-likeness (QED) is 0.489. The highest BCUT2D eigenvalue weighted by molar-refractivity contribution is 5.82. The van der Waals surface area contributed by atoms with Crippen molar-refractivity contribution in [3.05, 3.63) is 48.1 Å². The Morgan fingerprint density at radius 3 is 2.50 bits per heavy atom. The average Bonchev–Trinajstić information content (AvgIpc) is 3.21. The number of benzene rings is 1. The van der Waals surface area contributed by atoms with Gasteiger partial charge in [-0.05, 0) is 17.7 Å². The van der Waals surface area contributed by atoms with E-state index >= 15 is 0 Å². The van der Waals surface area contributed by atoms with Crippen LogP contribution in [0.5, 0.6) is 0 Å². The Morgan fingerprint density at radius 1 is 1.07 bits per heavy atom. The SMILES string of the molecule is OC[C@H]1O[C@@H](n2cnc3c(NCc4cc(F)cc(F)c4)ncnc32)C(O)C1O. The van der Waals surface area contributed by atoms with Crippen LogP contribution in [0, 0.1) is 11.6 Å². The van der Waals surface area contributed by atoms with Gasteiger partial charge in [0.1, 0.15) is 36.3 Å². The number of rotatable bonds is 5. The van der Waals surface area contributed by atoms with Crippen LogP contribution in [0.2, 0.25) is 0 Å². The molecule has 3 heterocycles. The van der Waals surface area contributed by atoms with Crippen molar-refractivity contribution in [3.8, 4) is 0 Å². The van der Waals surface area contributed by atoms with Crippen molar-refractivity contribution in [2.75, 3.05) is 11.9 Å². The third kappa shape index (κ3) is 3.29. The first-order valence-corrected chi connectivity index (χ1v) is 8.46. The van der Waals surface area contributed by atoms with Gasteiger partial charge < -0.3 is 25.4 Å². The molecule has 0 bridgehead atoms. The van der Waals surface area contributed by atoms with Crippen molar-refractivity contribution in [1.29, 1.82) is 0 Å². The van der Waals surface area contributed by atoms with E-state index in [0.717, 1.165) is 6.07 Å². The number of hydrogen-bond acceptors (Lipinski definition) is 8. The lowest BCUT2D eigenvalue weighted by Crippen LogP contribution is -2.33. The molecule has 4 N–H and O–H groups in total. The Labute approximate surface area is 157 Å². The fourth-order valence-electron chi connectivity index (χ4n) is 3.18. The van der Waals surface area contributed by atoms with E-state index in [-0.39, 0.29) is 6.54 Å². The van der Waals surface area contributed by atoms with E-state index in [1.165, 1.54) is 29.4 Å². The molecule has 4 atom stereocenters. The number of anilines is 1. The van der Waals surface area contributed by atoms with E-state index < -0.39 is 42.8 Å². The summed E-state index contributed by atoms with van der Waals surface area (Å²) < 4.78 is 33.6. The Bertz CT molecular complexity index is 981. The van der Waals surface area contributed by atoms with E-state index in [9.17, 15) is 24.1 Å². The van der Waals surface area contributed by atoms with Gasteiger partial charge in [0, 0.05) is 12.6 Å². The molecule has 0 amide bonds. The van der Waals surface area contributed by atoms with Crippen LogP contribution < -0.4 is 5.32 Å². The van der Waals surface area contributed by atoms with E-state index in [4.69, 9.17) is 4.74 Å². The molecule has 2 aromatic heterocycles. The molecule has 1 aliphatic heterocycles. The molecule has 9 nitrogen and oxygen atoms in total. The number of aliphatic hydroxyl groups is 3. The minimum Gasteiger partial charge on any atom is -0.394 e. The number of halogens is 2. The maximum atomic E-state index is 13.3. The minimum absolute atomic E-state index is 0.0987. The maximum absolute atomic E-state index is 13.3. The first kappa shape index (κ1) is 18.6. The predicted octanol–water partition coefficient (Wildman–Crippen LogP) is 0.328. The molecule has 4 rings (SSSR count). The molecule has 148 valence electrons. The second kappa shape index (κ2) is 7.36. The summed E-state index contributed by atoms with van der Waals surface area (Å²) in [5, 5.41) is 32.3. The Kier molecular flexibility index (Phi) is 4.89. The standard InChI is InChI=1S/C17H17F2N5O4/c18-9-1-8(2-10(19)3-9)4-20-15-12-16(22-6-21-15)24(7-23-12)17-14(27)13(26)11(5-25)28-17/h1-3,6-7,11,13-14,17,25-27H,4-5H2,(H,20,21,22)/t11-,13?,14?,17-/m1/s1. The van der Waals surface area contributed by atoms with Gasteiger partial charge in [0.2, 0.25) is 0 Å². The summed E-state index contributed by atoms with van der Waals surface area (Å²) in [6.07, 6.45) is -1.83. The number of aromatic nitrogens is 4. The molecule has 0 saturated carbocycles. The van der Waals surface area contributed by atoms with Crippen LogP contribution in [0.1, 0.15) is 11.8 Å². The van der Waals surface area contributed by atoms with Gasteiger partial charge in [-0.2, -0.15) is 0 Å². The number of nitrogens with zero attached hydrogens (tertiary/aromatic N) is 4. The fraction of sp³-hybridized carbons (Fsp3) is 0.353. The van der Waals surface area contributed by atoms with Gasteiger partial charge in [-0.1, -0.05) is 0 Å². The van der Waals surface area contributed by atoms with Crippen molar-refractivity contribution in [2.45, 2.75) is 31.1 Å².